The highest BCUT2D eigenvalue weighted by Gasteiger charge is 2.11. The van der Waals surface area contributed by atoms with Crippen molar-refractivity contribution in [1.29, 1.82) is 0 Å². The van der Waals surface area contributed by atoms with Crippen molar-refractivity contribution in [3.05, 3.63) is 29.8 Å². The summed E-state index contributed by atoms with van der Waals surface area (Å²) in [6.07, 6.45) is 1.53. The molecule has 1 rings (SSSR count). The van der Waals surface area contributed by atoms with E-state index in [0.717, 1.165) is 12.0 Å². The lowest BCUT2D eigenvalue weighted by Gasteiger charge is -2.13. The van der Waals surface area contributed by atoms with Gasteiger partial charge in [-0.25, -0.2) is 0 Å². The SMILES string of the molecule is CCC(CC(C)=O)c1ccc(O)cc1. The van der Waals surface area contributed by atoms with Crippen LogP contribution in [0.15, 0.2) is 24.3 Å². The van der Waals surface area contributed by atoms with Gasteiger partial charge in [0.1, 0.15) is 11.5 Å². The molecule has 0 heterocycles. The maximum Gasteiger partial charge on any atom is 0.130 e. The topological polar surface area (TPSA) is 37.3 Å². The average Bonchev–Trinajstić information content (AvgIpc) is 2.15. The van der Waals surface area contributed by atoms with Crippen LogP contribution in [0.25, 0.3) is 0 Å². The molecule has 0 aromatic heterocycles. The fourth-order valence-corrected chi connectivity index (χ4v) is 1.59. The number of ketones is 1. The van der Waals surface area contributed by atoms with Crippen molar-refractivity contribution in [3.63, 3.8) is 0 Å². The van der Waals surface area contributed by atoms with Crippen LogP contribution in [0, 0.1) is 0 Å². The normalized spacial score (nSPS) is 12.4. The van der Waals surface area contributed by atoms with Crippen LogP contribution in [0.5, 0.6) is 5.75 Å². The predicted molar refractivity (Wildman–Crippen MR) is 56.4 cm³/mol. The standard InChI is InChI=1S/C12H16O2/c1-3-10(8-9(2)13)11-4-6-12(14)7-5-11/h4-7,10,14H,3,8H2,1-2H3. The lowest BCUT2D eigenvalue weighted by atomic mass is 9.92. The molecule has 76 valence electrons. The van der Waals surface area contributed by atoms with Gasteiger partial charge in [-0.15, -0.1) is 0 Å². The van der Waals surface area contributed by atoms with Crippen LogP contribution in [0.3, 0.4) is 0 Å². The number of phenols is 1. The Morgan fingerprint density at radius 2 is 1.93 bits per heavy atom. The summed E-state index contributed by atoms with van der Waals surface area (Å²) < 4.78 is 0. The van der Waals surface area contributed by atoms with E-state index in [0.29, 0.717) is 6.42 Å². The predicted octanol–water partition coefficient (Wildman–Crippen LogP) is 2.86. The molecule has 1 aromatic carbocycles. The van der Waals surface area contributed by atoms with Crippen molar-refractivity contribution in [1.82, 2.24) is 0 Å². The van der Waals surface area contributed by atoms with E-state index in [9.17, 15) is 4.79 Å². The van der Waals surface area contributed by atoms with Crippen molar-refractivity contribution in [3.8, 4) is 5.75 Å². The number of carbonyl (C=O) groups is 1. The van der Waals surface area contributed by atoms with Crippen LogP contribution in [0.2, 0.25) is 0 Å². The van der Waals surface area contributed by atoms with Crippen LogP contribution in [0.4, 0.5) is 0 Å². The third-order valence-corrected chi connectivity index (χ3v) is 2.39. The first-order valence-electron chi connectivity index (χ1n) is 4.91. The number of aromatic hydroxyl groups is 1. The molecule has 0 saturated heterocycles. The lowest BCUT2D eigenvalue weighted by Crippen LogP contribution is -2.02. The first kappa shape index (κ1) is 10.8. The van der Waals surface area contributed by atoms with Crippen LogP contribution in [-0.2, 0) is 4.79 Å². The van der Waals surface area contributed by atoms with Crippen molar-refractivity contribution in [2.24, 2.45) is 0 Å². The molecule has 0 saturated carbocycles. The molecule has 1 N–H and O–H groups in total. The smallest absolute Gasteiger partial charge is 0.130 e. The molecule has 1 atom stereocenters. The van der Waals surface area contributed by atoms with Crippen LogP contribution < -0.4 is 0 Å². The molecule has 0 aliphatic rings. The highest BCUT2D eigenvalue weighted by Crippen LogP contribution is 2.24. The summed E-state index contributed by atoms with van der Waals surface area (Å²) in [5, 5.41) is 9.13. The second-order valence-corrected chi connectivity index (χ2v) is 3.60. The van der Waals surface area contributed by atoms with E-state index in [1.54, 1.807) is 19.1 Å². The molecule has 1 aromatic rings. The minimum Gasteiger partial charge on any atom is -0.508 e. The minimum atomic E-state index is 0.213. The van der Waals surface area contributed by atoms with E-state index in [2.05, 4.69) is 6.92 Å². The fraction of sp³-hybridized carbons (Fsp3) is 0.417. The van der Waals surface area contributed by atoms with E-state index >= 15 is 0 Å². The van der Waals surface area contributed by atoms with Crippen molar-refractivity contribution in [2.75, 3.05) is 0 Å². The summed E-state index contributed by atoms with van der Waals surface area (Å²) in [6, 6.07) is 7.09. The summed E-state index contributed by atoms with van der Waals surface area (Å²) in [5.41, 5.74) is 1.13. The van der Waals surface area contributed by atoms with Crippen molar-refractivity contribution >= 4 is 5.78 Å². The highest BCUT2D eigenvalue weighted by atomic mass is 16.3. The number of benzene rings is 1. The van der Waals surface area contributed by atoms with Gasteiger partial charge >= 0.3 is 0 Å². The molecular weight excluding hydrogens is 176 g/mol. The Bertz CT molecular complexity index is 301. The second kappa shape index (κ2) is 4.80. The van der Waals surface area contributed by atoms with Gasteiger partial charge < -0.3 is 9.90 Å². The molecule has 0 amide bonds. The zero-order chi connectivity index (χ0) is 10.6. The summed E-state index contributed by atoms with van der Waals surface area (Å²) in [5.74, 6) is 0.768. The number of phenolic OH excluding ortho intramolecular Hbond substituents is 1. The Balaban J connectivity index is 2.78. The highest BCUT2D eigenvalue weighted by molar-refractivity contribution is 5.76. The van der Waals surface area contributed by atoms with E-state index in [1.807, 2.05) is 12.1 Å². The molecule has 0 fully saturated rings. The van der Waals surface area contributed by atoms with Gasteiger partial charge in [0.15, 0.2) is 0 Å². The third-order valence-electron chi connectivity index (χ3n) is 2.39. The first-order chi connectivity index (χ1) is 6.63. The van der Waals surface area contributed by atoms with Gasteiger partial charge in [0.25, 0.3) is 0 Å². The summed E-state index contributed by atoms with van der Waals surface area (Å²) in [7, 11) is 0. The molecule has 14 heavy (non-hydrogen) atoms. The maximum absolute atomic E-state index is 11.0. The van der Waals surface area contributed by atoms with E-state index < -0.39 is 0 Å². The van der Waals surface area contributed by atoms with Crippen molar-refractivity contribution in [2.45, 2.75) is 32.6 Å². The van der Waals surface area contributed by atoms with Gasteiger partial charge in [-0.3, -0.25) is 0 Å². The Morgan fingerprint density at radius 1 is 1.36 bits per heavy atom. The van der Waals surface area contributed by atoms with Crippen LogP contribution >= 0.6 is 0 Å². The Kier molecular flexibility index (Phi) is 3.69. The molecule has 0 aliphatic heterocycles. The summed E-state index contributed by atoms with van der Waals surface area (Å²) in [6.45, 7) is 3.68. The number of Topliss-reactive ketones (excluding diaryl/α,β-unsaturated/α-hetero) is 1. The monoisotopic (exact) mass is 192 g/mol. The Labute approximate surface area is 84.6 Å². The Morgan fingerprint density at radius 3 is 2.36 bits per heavy atom. The molecule has 0 bridgehead atoms. The molecule has 2 nitrogen and oxygen atoms in total. The molecule has 2 heteroatoms. The van der Waals surface area contributed by atoms with Crippen LogP contribution in [-0.4, -0.2) is 10.9 Å². The average molecular weight is 192 g/mol. The van der Waals surface area contributed by atoms with Gasteiger partial charge in [-0.1, -0.05) is 19.1 Å². The van der Waals surface area contributed by atoms with E-state index in [1.165, 1.54) is 0 Å². The summed E-state index contributed by atoms with van der Waals surface area (Å²) >= 11 is 0. The van der Waals surface area contributed by atoms with Gasteiger partial charge in [0.05, 0.1) is 0 Å². The zero-order valence-electron chi connectivity index (χ0n) is 8.66. The van der Waals surface area contributed by atoms with Gasteiger partial charge in [-0.05, 0) is 37.0 Å². The van der Waals surface area contributed by atoms with Gasteiger partial charge in [0, 0.05) is 6.42 Å². The van der Waals surface area contributed by atoms with Gasteiger partial charge in [0.2, 0.25) is 0 Å². The number of carbonyl (C=O) groups excluding carboxylic acids is 1. The molecule has 0 radical (unpaired) electrons. The number of rotatable bonds is 4. The molecule has 0 aliphatic carbocycles. The molecule has 1 unspecified atom stereocenters. The first-order valence-corrected chi connectivity index (χ1v) is 4.91. The largest absolute Gasteiger partial charge is 0.508 e. The van der Waals surface area contributed by atoms with Crippen molar-refractivity contribution < 1.29 is 9.90 Å². The molecular formula is C12H16O2. The maximum atomic E-state index is 11.0. The Hall–Kier alpha value is -1.31. The quantitative estimate of drug-likeness (QED) is 0.796. The summed E-state index contributed by atoms with van der Waals surface area (Å²) in [4.78, 5) is 11.0. The minimum absolute atomic E-state index is 0.213. The fourth-order valence-electron chi connectivity index (χ4n) is 1.59. The molecule has 0 spiro atoms. The zero-order valence-corrected chi connectivity index (χ0v) is 8.66. The van der Waals surface area contributed by atoms with Gasteiger partial charge in [-0.2, -0.15) is 0 Å². The van der Waals surface area contributed by atoms with Crippen LogP contribution in [0.1, 0.15) is 38.2 Å². The second-order valence-electron chi connectivity index (χ2n) is 3.60. The third kappa shape index (κ3) is 2.87. The number of hydrogen-bond donors (Lipinski definition) is 1. The number of hydrogen-bond acceptors (Lipinski definition) is 2. The van der Waals surface area contributed by atoms with E-state index in [-0.39, 0.29) is 17.5 Å². The van der Waals surface area contributed by atoms with E-state index in [4.69, 9.17) is 5.11 Å². The lowest BCUT2D eigenvalue weighted by molar-refractivity contribution is -0.117.